The Hall–Kier alpha value is -2.77. The standard InChI is InChI=1S/C13H10F3N3O2/c14-13(15,16)21-9-3-1-2-8(6-9)19-12(20)10-7-18-5-4-11(10)17/h1-7H,(H2,17,18)(H,19,20). The van der Waals surface area contributed by atoms with E-state index in [1.165, 1.54) is 30.6 Å². The molecule has 0 radical (unpaired) electrons. The number of hydrogen-bond donors (Lipinski definition) is 2. The Morgan fingerprint density at radius 3 is 2.71 bits per heavy atom. The number of benzene rings is 1. The van der Waals surface area contributed by atoms with Crippen LogP contribution in [0.1, 0.15) is 10.4 Å². The number of alkyl halides is 3. The molecule has 0 aliphatic rings. The van der Waals surface area contributed by atoms with Crippen LogP contribution in [0.2, 0.25) is 0 Å². The number of carbonyl (C=O) groups excluding carboxylic acids is 1. The van der Waals surface area contributed by atoms with E-state index in [0.717, 1.165) is 12.1 Å². The molecule has 0 aliphatic carbocycles. The predicted molar refractivity (Wildman–Crippen MR) is 69.7 cm³/mol. The second-order valence-corrected chi connectivity index (χ2v) is 3.99. The maximum atomic E-state index is 12.1. The molecule has 5 nitrogen and oxygen atoms in total. The van der Waals surface area contributed by atoms with E-state index in [2.05, 4.69) is 15.0 Å². The van der Waals surface area contributed by atoms with Gasteiger partial charge in [-0.25, -0.2) is 0 Å². The molecule has 2 aromatic rings. The van der Waals surface area contributed by atoms with Crippen molar-refractivity contribution in [1.82, 2.24) is 4.98 Å². The van der Waals surface area contributed by atoms with Crippen molar-refractivity contribution in [3.8, 4) is 5.75 Å². The van der Waals surface area contributed by atoms with Crippen molar-refractivity contribution in [2.75, 3.05) is 11.1 Å². The zero-order valence-electron chi connectivity index (χ0n) is 10.5. The zero-order chi connectivity index (χ0) is 15.5. The molecule has 3 N–H and O–H groups in total. The van der Waals surface area contributed by atoms with E-state index in [9.17, 15) is 18.0 Å². The number of aromatic nitrogens is 1. The summed E-state index contributed by atoms with van der Waals surface area (Å²) in [4.78, 5) is 15.7. The Morgan fingerprint density at radius 2 is 2.05 bits per heavy atom. The summed E-state index contributed by atoms with van der Waals surface area (Å²) in [5, 5.41) is 2.42. The predicted octanol–water partition coefficient (Wildman–Crippen LogP) is 2.81. The molecule has 8 heteroatoms. The lowest BCUT2D eigenvalue weighted by molar-refractivity contribution is -0.274. The second-order valence-electron chi connectivity index (χ2n) is 3.99. The highest BCUT2D eigenvalue weighted by Crippen LogP contribution is 2.25. The fraction of sp³-hybridized carbons (Fsp3) is 0.0769. The molecule has 0 aliphatic heterocycles. The highest BCUT2D eigenvalue weighted by atomic mass is 19.4. The highest BCUT2D eigenvalue weighted by Gasteiger charge is 2.31. The van der Waals surface area contributed by atoms with E-state index >= 15 is 0 Å². The minimum absolute atomic E-state index is 0.125. The first-order valence-electron chi connectivity index (χ1n) is 5.72. The van der Waals surface area contributed by atoms with Gasteiger partial charge in [-0.2, -0.15) is 0 Å². The number of nitrogens with one attached hydrogen (secondary N) is 1. The minimum atomic E-state index is -4.80. The molecule has 0 fully saturated rings. The number of halogens is 3. The molecule has 0 bridgehead atoms. The third kappa shape index (κ3) is 4.10. The van der Waals surface area contributed by atoms with Gasteiger partial charge in [0.1, 0.15) is 5.75 Å². The smallest absolute Gasteiger partial charge is 0.406 e. The Morgan fingerprint density at radius 1 is 1.29 bits per heavy atom. The quantitative estimate of drug-likeness (QED) is 0.913. The van der Waals surface area contributed by atoms with E-state index in [4.69, 9.17) is 5.73 Å². The van der Waals surface area contributed by atoms with E-state index < -0.39 is 18.0 Å². The van der Waals surface area contributed by atoms with E-state index in [-0.39, 0.29) is 16.9 Å². The van der Waals surface area contributed by atoms with Crippen LogP contribution in [0, 0.1) is 0 Å². The summed E-state index contributed by atoms with van der Waals surface area (Å²) in [6, 6.07) is 6.37. The first kappa shape index (κ1) is 14.6. The van der Waals surface area contributed by atoms with Gasteiger partial charge in [-0.1, -0.05) is 6.07 Å². The molecular weight excluding hydrogens is 287 g/mol. The van der Waals surface area contributed by atoms with Crippen LogP contribution in [0.25, 0.3) is 0 Å². The number of nitrogen functional groups attached to an aromatic ring is 1. The van der Waals surface area contributed by atoms with Crippen molar-refractivity contribution in [2.45, 2.75) is 6.36 Å². The van der Waals surface area contributed by atoms with Crippen molar-refractivity contribution < 1.29 is 22.7 Å². The fourth-order valence-electron chi connectivity index (χ4n) is 1.56. The SMILES string of the molecule is Nc1ccncc1C(=O)Nc1cccc(OC(F)(F)F)c1. The summed E-state index contributed by atoms with van der Waals surface area (Å²) in [6.07, 6.45) is -2.11. The monoisotopic (exact) mass is 297 g/mol. The van der Waals surface area contributed by atoms with Crippen molar-refractivity contribution >= 4 is 17.3 Å². The lowest BCUT2D eigenvalue weighted by Crippen LogP contribution is -2.17. The Labute approximate surface area is 117 Å². The van der Waals surface area contributed by atoms with Gasteiger partial charge in [-0.05, 0) is 18.2 Å². The van der Waals surface area contributed by atoms with Gasteiger partial charge in [-0.15, -0.1) is 13.2 Å². The molecule has 1 aromatic carbocycles. The molecule has 0 unspecified atom stereocenters. The first-order chi connectivity index (χ1) is 9.85. The molecule has 0 saturated carbocycles. The highest BCUT2D eigenvalue weighted by molar-refractivity contribution is 6.07. The van der Waals surface area contributed by atoms with Crippen LogP contribution in [-0.4, -0.2) is 17.3 Å². The number of pyridine rings is 1. The van der Waals surface area contributed by atoms with Crippen molar-refractivity contribution in [3.63, 3.8) is 0 Å². The number of nitrogens with zero attached hydrogens (tertiary/aromatic N) is 1. The summed E-state index contributed by atoms with van der Waals surface area (Å²) < 4.78 is 40.1. The van der Waals surface area contributed by atoms with E-state index in [1.807, 2.05) is 0 Å². The third-order valence-electron chi connectivity index (χ3n) is 2.42. The summed E-state index contributed by atoms with van der Waals surface area (Å²) in [7, 11) is 0. The molecule has 0 spiro atoms. The molecule has 1 aromatic heterocycles. The van der Waals surface area contributed by atoms with Gasteiger partial charge in [0.05, 0.1) is 5.56 Å². The first-order valence-corrected chi connectivity index (χ1v) is 5.72. The van der Waals surface area contributed by atoms with Crippen LogP contribution in [0.4, 0.5) is 24.5 Å². The molecule has 1 amide bonds. The van der Waals surface area contributed by atoms with Crippen molar-refractivity contribution in [1.29, 1.82) is 0 Å². The minimum Gasteiger partial charge on any atom is -0.406 e. The molecular formula is C13H10F3N3O2. The van der Waals surface area contributed by atoms with Crippen LogP contribution in [-0.2, 0) is 0 Å². The average molecular weight is 297 g/mol. The summed E-state index contributed by atoms with van der Waals surface area (Å²) >= 11 is 0. The Kier molecular flexibility index (Phi) is 3.97. The van der Waals surface area contributed by atoms with Crippen LogP contribution in [0.5, 0.6) is 5.75 Å². The van der Waals surface area contributed by atoms with Crippen LogP contribution >= 0.6 is 0 Å². The second kappa shape index (κ2) is 5.70. The molecule has 2 rings (SSSR count). The molecule has 0 saturated heterocycles. The number of rotatable bonds is 3. The summed E-state index contributed by atoms with van der Waals surface area (Å²) in [5.74, 6) is -1.01. The Bertz CT molecular complexity index is 659. The summed E-state index contributed by atoms with van der Waals surface area (Å²) in [6.45, 7) is 0. The van der Waals surface area contributed by atoms with Gasteiger partial charge in [0, 0.05) is 29.8 Å². The maximum absolute atomic E-state index is 12.1. The molecule has 1 heterocycles. The van der Waals surface area contributed by atoms with Crippen molar-refractivity contribution in [2.24, 2.45) is 0 Å². The number of nitrogens with two attached hydrogens (primary N) is 1. The van der Waals surface area contributed by atoms with Gasteiger partial charge in [-0.3, -0.25) is 9.78 Å². The largest absolute Gasteiger partial charge is 0.573 e. The Balaban J connectivity index is 2.15. The van der Waals surface area contributed by atoms with Crippen LogP contribution in [0.3, 0.4) is 0 Å². The number of hydrogen-bond acceptors (Lipinski definition) is 4. The molecule has 0 atom stereocenters. The lowest BCUT2D eigenvalue weighted by Gasteiger charge is -2.11. The number of ether oxygens (including phenoxy) is 1. The van der Waals surface area contributed by atoms with Gasteiger partial charge >= 0.3 is 6.36 Å². The molecule has 110 valence electrons. The zero-order valence-corrected chi connectivity index (χ0v) is 10.5. The number of amides is 1. The normalized spacial score (nSPS) is 11.0. The topological polar surface area (TPSA) is 77.2 Å². The van der Waals surface area contributed by atoms with Crippen LogP contribution in [0.15, 0.2) is 42.7 Å². The van der Waals surface area contributed by atoms with Crippen molar-refractivity contribution in [3.05, 3.63) is 48.3 Å². The molecule has 21 heavy (non-hydrogen) atoms. The maximum Gasteiger partial charge on any atom is 0.573 e. The summed E-state index contributed by atoms with van der Waals surface area (Å²) in [5.41, 5.74) is 6.10. The third-order valence-corrected chi connectivity index (χ3v) is 2.42. The van der Waals surface area contributed by atoms with Gasteiger partial charge in [0.2, 0.25) is 0 Å². The van der Waals surface area contributed by atoms with Gasteiger partial charge in [0.15, 0.2) is 0 Å². The van der Waals surface area contributed by atoms with E-state index in [0.29, 0.717) is 0 Å². The number of carbonyl (C=O) groups is 1. The van der Waals surface area contributed by atoms with Gasteiger partial charge in [0.25, 0.3) is 5.91 Å². The number of anilines is 2. The van der Waals surface area contributed by atoms with Gasteiger partial charge < -0.3 is 15.8 Å². The lowest BCUT2D eigenvalue weighted by atomic mass is 10.2. The fourth-order valence-corrected chi connectivity index (χ4v) is 1.56. The average Bonchev–Trinajstić information content (AvgIpc) is 2.37. The van der Waals surface area contributed by atoms with E-state index in [1.54, 1.807) is 0 Å². The van der Waals surface area contributed by atoms with Crippen LogP contribution < -0.4 is 15.8 Å².